The molecule has 4 aromatic carbocycles. The molecule has 0 atom stereocenters. The van der Waals surface area contributed by atoms with E-state index in [0.29, 0.717) is 0 Å². The predicted octanol–water partition coefficient (Wildman–Crippen LogP) is 7.05. The molecule has 0 bridgehead atoms. The Morgan fingerprint density at radius 1 is 0.423 bits per heavy atom. The van der Waals surface area contributed by atoms with Crippen LogP contribution in [0.3, 0.4) is 0 Å². The molecule has 0 spiro atoms. The number of fused-ring (bicyclic) bond motifs is 2. The minimum absolute atomic E-state index is 1.23. The Labute approximate surface area is 155 Å². The molecule has 0 amide bonds. The molecule has 0 N–H and O–H groups in total. The summed E-state index contributed by atoms with van der Waals surface area (Å²) in [6.07, 6.45) is 5.15. The van der Waals surface area contributed by atoms with E-state index in [9.17, 15) is 0 Å². The van der Waals surface area contributed by atoms with Crippen molar-refractivity contribution in [1.29, 1.82) is 0 Å². The average molecular weight is 334 g/mol. The first-order valence-corrected chi connectivity index (χ1v) is 9.58. The zero-order valence-electron chi connectivity index (χ0n) is 14.9. The monoisotopic (exact) mass is 334 g/mol. The fourth-order valence-corrected chi connectivity index (χ4v) is 4.15. The van der Waals surface area contributed by atoms with E-state index in [-0.39, 0.29) is 0 Å². The Kier molecular flexibility index (Phi) is 3.83. The second-order valence-corrected chi connectivity index (χ2v) is 7.33. The summed E-state index contributed by atoms with van der Waals surface area (Å²) < 4.78 is 0. The van der Waals surface area contributed by atoms with E-state index in [2.05, 4.69) is 84.9 Å². The van der Waals surface area contributed by atoms with Gasteiger partial charge in [-0.3, -0.25) is 0 Å². The number of rotatable bonds is 2. The standard InChI is InChI=1S/C26H22/c1-2-6-19(7-3-1)22-12-13-25-18-26(15-14-24(25)17-22)23-11-10-20-8-4-5-9-21(20)16-23/h1-3,6-7,10-18H,4-5,8-9H2. The lowest BCUT2D eigenvalue weighted by molar-refractivity contribution is 0.686. The maximum absolute atomic E-state index is 2.41. The lowest BCUT2D eigenvalue weighted by Gasteiger charge is -2.17. The topological polar surface area (TPSA) is 0 Å². The van der Waals surface area contributed by atoms with Crippen molar-refractivity contribution in [3.8, 4) is 22.3 Å². The van der Waals surface area contributed by atoms with Crippen molar-refractivity contribution < 1.29 is 0 Å². The smallest absolute Gasteiger partial charge is 0.0177 e. The first kappa shape index (κ1) is 15.4. The van der Waals surface area contributed by atoms with Crippen LogP contribution in [0.1, 0.15) is 24.0 Å². The van der Waals surface area contributed by atoms with E-state index in [0.717, 1.165) is 0 Å². The van der Waals surface area contributed by atoms with E-state index < -0.39 is 0 Å². The summed E-state index contributed by atoms with van der Waals surface area (Å²) in [5.74, 6) is 0. The van der Waals surface area contributed by atoms with Crippen molar-refractivity contribution in [2.24, 2.45) is 0 Å². The molecule has 26 heavy (non-hydrogen) atoms. The van der Waals surface area contributed by atoms with Gasteiger partial charge >= 0.3 is 0 Å². The van der Waals surface area contributed by atoms with Crippen LogP contribution >= 0.6 is 0 Å². The number of benzene rings is 4. The highest BCUT2D eigenvalue weighted by Crippen LogP contribution is 2.31. The van der Waals surface area contributed by atoms with Gasteiger partial charge in [-0.2, -0.15) is 0 Å². The zero-order valence-corrected chi connectivity index (χ0v) is 14.9. The van der Waals surface area contributed by atoms with E-state index in [1.54, 1.807) is 11.1 Å². The molecule has 0 fully saturated rings. The van der Waals surface area contributed by atoms with Crippen LogP contribution in [0.25, 0.3) is 33.0 Å². The van der Waals surface area contributed by atoms with E-state index in [4.69, 9.17) is 0 Å². The summed E-state index contributed by atoms with van der Waals surface area (Å²) in [7, 11) is 0. The van der Waals surface area contributed by atoms with Gasteiger partial charge in [-0.05, 0) is 82.0 Å². The fourth-order valence-electron chi connectivity index (χ4n) is 4.15. The predicted molar refractivity (Wildman–Crippen MR) is 111 cm³/mol. The Morgan fingerprint density at radius 2 is 1.00 bits per heavy atom. The summed E-state index contributed by atoms with van der Waals surface area (Å²) in [5, 5.41) is 2.60. The van der Waals surface area contributed by atoms with Gasteiger partial charge in [0.2, 0.25) is 0 Å². The van der Waals surface area contributed by atoms with Crippen molar-refractivity contribution in [1.82, 2.24) is 0 Å². The second kappa shape index (κ2) is 6.46. The molecule has 0 nitrogen and oxygen atoms in total. The van der Waals surface area contributed by atoms with Crippen molar-refractivity contribution in [2.75, 3.05) is 0 Å². The molecule has 0 heterocycles. The number of hydrogen-bond donors (Lipinski definition) is 0. The fraction of sp³-hybridized carbons (Fsp3) is 0.154. The van der Waals surface area contributed by atoms with Gasteiger partial charge in [0.25, 0.3) is 0 Å². The van der Waals surface area contributed by atoms with Crippen LogP contribution in [0.5, 0.6) is 0 Å². The van der Waals surface area contributed by atoms with Crippen molar-refractivity contribution >= 4 is 10.8 Å². The molecule has 0 saturated carbocycles. The molecule has 1 aliphatic carbocycles. The summed E-state index contributed by atoms with van der Waals surface area (Å²) >= 11 is 0. The quantitative estimate of drug-likeness (QED) is 0.368. The SMILES string of the molecule is c1ccc(-c2ccc3cc(-c4ccc5c(c4)CCCC5)ccc3c2)cc1. The van der Waals surface area contributed by atoms with Crippen molar-refractivity contribution in [3.63, 3.8) is 0 Å². The maximum Gasteiger partial charge on any atom is -0.0177 e. The maximum atomic E-state index is 2.41. The first-order valence-electron chi connectivity index (χ1n) is 9.58. The Morgan fingerprint density at radius 3 is 1.73 bits per heavy atom. The molecular formula is C26H22. The minimum atomic E-state index is 1.23. The summed E-state index contributed by atoms with van der Waals surface area (Å²) in [4.78, 5) is 0. The molecule has 0 heteroatoms. The van der Waals surface area contributed by atoms with Crippen LogP contribution < -0.4 is 0 Å². The van der Waals surface area contributed by atoms with Gasteiger partial charge in [-0.15, -0.1) is 0 Å². The molecule has 0 saturated heterocycles. The number of hydrogen-bond acceptors (Lipinski definition) is 0. The highest BCUT2D eigenvalue weighted by atomic mass is 14.2. The normalized spacial score (nSPS) is 13.5. The summed E-state index contributed by atoms with van der Waals surface area (Å²) in [6.45, 7) is 0. The highest BCUT2D eigenvalue weighted by Gasteiger charge is 2.10. The van der Waals surface area contributed by atoms with E-state index in [1.807, 2.05) is 0 Å². The Balaban J connectivity index is 1.54. The third-order valence-corrected chi connectivity index (χ3v) is 5.63. The molecule has 0 aliphatic heterocycles. The van der Waals surface area contributed by atoms with Gasteiger partial charge in [0, 0.05) is 0 Å². The van der Waals surface area contributed by atoms with Gasteiger partial charge in [0.05, 0.1) is 0 Å². The van der Waals surface area contributed by atoms with Crippen LogP contribution in [0.4, 0.5) is 0 Å². The van der Waals surface area contributed by atoms with Crippen molar-refractivity contribution in [3.05, 3.63) is 96.1 Å². The summed E-state index contributed by atoms with van der Waals surface area (Å²) in [6, 6.07) is 31.3. The van der Waals surface area contributed by atoms with Gasteiger partial charge in [-0.1, -0.05) is 72.8 Å². The van der Waals surface area contributed by atoms with E-state index >= 15 is 0 Å². The first-order chi connectivity index (χ1) is 12.9. The summed E-state index contributed by atoms with van der Waals surface area (Å²) in [5.41, 5.74) is 8.31. The van der Waals surface area contributed by atoms with Crippen LogP contribution in [-0.2, 0) is 12.8 Å². The molecule has 1 aliphatic rings. The lowest BCUT2D eigenvalue weighted by Crippen LogP contribution is -2.02. The molecule has 4 aromatic rings. The molecule has 0 radical (unpaired) electrons. The van der Waals surface area contributed by atoms with Crippen LogP contribution in [0, 0.1) is 0 Å². The minimum Gasteiger partial charge on any atom is -0.0622 e. The third-order valence-electron chi connectivity index (χ3n) is 5.63. The van der Waals surface area contributed by atoms with Gasteiger partial charge < -0.3 is 0 Å². The second-order valence-electron chi connectivity index (χ2n) is 7.33. The molecule has 5 rings (SSSR count). The van der Waals surface area contributed by atoms with E-state index in [1.165, 1.54) is 58.7 Å². The Bertz CT molecular complexity index is 1070. The van der Waals surface area contributed by atoms with Gasteiger partial charge in [0.1, 0.15) is 0 Å². The zero-order chi connectivity index (χ0) is 17.3. The molecule has 126 valence electrons. The van der Waals surface area contributed by atoms with Crippen LogP contribution in [-0.4, -0.2) is 0 Å². The average Bonchev–Trinajstić information content (AvgIpc) is 2.73. The Hall–Kier alpha value is -2.86. The molecule has 0 unspecified atom stereocenters. The third kappa shape index (κ3) is 2.82. The largest absolute Gasteiger partial charge is 0.0622 e. The molecular weight excluding hydrogens is 312 g/mol. The van der Waals surface area contributed by atoms with Gasteiger partial charge in [-0.25, -0.2) is 0 Å². The van der Waals surface area contributed by atoms with Gasteiger partial charge in [0.15, 0.2) is 0 Å². The van der Waals surface area contributed by atoms with Crippen LogP contribution in [0.2, 0.25) is 0 Å². The highest BCUT2D eigenvalue weighted by molar-refractivity contribution is 5.90. The van der Waals surface area contributed by atoms with Crippen molar-refractivity contribution in [2.45, 2.75) is 25.7 Å². The van der Waals surface area contributed by atoms with Crippen LogP contribution in [0.15, 0.2) is 84.9 Å². The molecule has 0 aromatic heterocycles. The number of aryl methyl sites for hydroxylation is 2. The lowest BCUT2D eigenvalue weighted by atomic mass is 9.89.